The van der Waals surface area contributed by atoms with Gasteiger partial charge in [0, 0.05) is 25.9 Å². The van der Waals surface area contributed by atoms with Crippen LogP contribution in [0.25, 0.3) is 0 Å². The molecular weight excluding hydrogens is 266 g/mol. The number of nitrogens with zero attached hydrogens (tertiary/aromatic N) is 2. The van der Waals surface area contributed by atoms with Crippen LogP contribution in [0.5, 0.6) is 0 Å². The van der Waals surface area contributed by atoms with Crippen molar-refractivity contribution in [3.05, 3.63) is 22.8 Å². The minimum atomic E-state index is -0.0722. The molecule has 0 aromatic carbocycles. The number of anilines is 1. The van der Waals surface area contributed by atoms with Crippen LogP contribution in [0.2, 0.25) is 5.02 Å². The Kier molecular flexibility index (Phi) is 4.61. The Hall–Kier alpha value is -1.33. The maximum Gasteiger partial charge on any atom is 0.255 e. The smallest absolute Gasteiger partial charge is 0.255 e. The zero-order valence-corrected chi connectivity index (χ0v) is 11.4. The fraction of sp³-hybridized carbons (Fsp3) is 0.538. The van der Waals surface area contributed by atoms with Crippen LogP contribution in [0.1, 0.15) is 29.6 Å². The number of aliphatic hydroxyl groups excluding tert-OH is 1. The largest absolute Gasteiger partial charge is 0.396 e. The lowest BCUT2D eigenvalue weighted by atomic mass is 9.95. The van der Waals surface area contributed by atoms with E-state index in [1.54, 1.807) is 11.0 Å². The standard InChI is InChI=1S/C13H18ClN3O2/c14-11-6-10(7-16-12(11)15)13(19)17-4-1-2-9(8-17)3-5-18/h6-7,9,18H,1-5,8H2,(H2,15,16). The van der Waals surface area contributed by atoms with Gasteiger partial charge in [0.05, 0.1) is 10.6 Å². The average Bonchev–Trinajstić information content (AvgIpc) is 2.42. The number of pyridine rings is 1. The first-order valence-corrected chi connectivity index (χ1v) is 6.80. The van der Waals surface area contributed by atoms with Crippen LogP contribution >= 0.6 is 11.6 Å². The maximum absolute atomic E-state index is 12.3. The molecule has 6 heteroatoms. The summed E-state index contributed by atoms with van der Waals surface area (Å²) in [7, 11) is 0. The van der Waals surface area contributed by atoms with Crippen molar-refractivity contribution in [1.82, 2.24) is 9.88 Å². The molecule has 1 unspecified atom stereocenters. The predicted molar refractivity (Wildman–Crippen MR) is 74.0 cm³/mol. The van der Waals surface area contributed by atoms with E-state index in [1.807, 2.05) is 0 Å². The molecule has 0 spiro atoms. The Balaban J connectivity index is 2.08. The van der Waals surface area contributed by atoms with Crippen LogP contribution in [-0.4, -0.2) is 40.6 Å². The molecule has 1 aromatic heterocycles. The van der Waals surface area contributed by atoms with Gasteiger partial charge in [-0.25, -0.2) is 4.98 Å². The highest BCUT2D eigenvalue weighted by Gasteiger charge is 2.24. The fourth-order valence-corrected chi connectivity index (χ4v) is 2.58. The molecule has 3 N–H and O–H groups in total. The second kappa shape index (κ2) is 6.21. The third-order valence-corrected chi connectivity index (χ3v) is 3.76. The number of halogens is 1. The summed E-state index contributed by atoms with van der Waals surface area (Å²) >= 11 is 5.88. The van der Waals surface area contributed by atoms with E-state index in [0.29, 0.717) is 23.0 Å². The predicted octanol–water partition coefficient (Wildman–Crippen LogP) is 1.55. The molecule has 0 aliphatic carbocycles. The summed E-state index contributed by atoms with van der Waals surface area (Å²) in [4.78, 5) is 18.0. The van der Waals surface area contributed by atoms with Gasteiger partial charge in [0.1, 0.15) is 5.82 Å². The first kappa shape index (κ1) is 14.1. The lowest BCUT2D eigenvalue weighted by Gasteiger charge is -2.32. The Morgan fingerprint density at radius 1 is 1.63 bits per heavy atom. The van der Waals surface area contributed by atoms with E-state index >= 15 is 0 Å². The van der Waals surface area contributed by atoms with Crippen LogP contribution in [-0.2, 0) is 0 Å². The van der Waals surface area contributed by atoms with Crippen LogP contribution in [0.4, 0.5) is 5.82 Å². The monoisotopic (exact) mass is 283 g/mol. The highest BCUT2D eigenvalue weighted by Crippen LogP contribution is 2.22. The van der Waals surface area contributed by atoms with Crippen molar-refractivity contribution >= 4 is 23.3 Å². The van der Waals surface area contributed by atoms with E-state index in [-0.39, 0.29) is 18.3 Å². The number of nitrogens with two attached hydrogens (primary N) is 1. The number of piperidine rings is 1. The molecule has 1 saturated heterocycles. The van der Waals surface area contributed by atoms with E-state index < -0.39 is 0 Å². The molecule has 1 aromatic rings. The molecule has 104 valence electrons. The van der Waals surface area contributed by atoms with Gasteiger partial charge < -0.3 is 15.7 Å². The van der Waals surface area contributed by atoms with E-state index in [2.05, 4.69) is 4.98 Å². The Bertz CT molecular complexity index is 465. The summed E-state index contributed by atoms with van der Waals surface area (Å²) in [5.41, 5.74) is 6.00. The van der Waals surface area contributed by atoms with Gasteiger partial charge in [-0.05, 0) is 31.2 Å². The van der Waals surface area contributed by atoms with Crippen LogP contribution < -0.4 is 5.73 Å². The molecule has 2 heterocycles. The summed E-state index contributed by atoms with van der Waals surface area (Å²) in [6.45, 7) is 1.59. The minimum Gasteiger partial charge on any atom is -0.396 e. The zero-order valence-electron chi connectivity index (χ0n) is 10.7. The van der Waals surface area contributed by atoms with Crippen molar-refractivity contribution in [2.45, 2.75) is 19.3 Å². The number of likely N-dealkylation sites (tertiary alicyclic amines) is 1. The molecule has 0 radical (unpaired) electrons. The fourth-order valence-electron chi connectivity index (χ4n) is 2.42. The summed E-state index contributed by atoms with van der Waals surface area (Å²) in [6, 6.07) is 1.56. The first-order chi connectivity index (χ1) is 9.11. The molecule has 0 saturated carbocycles. The number of aliphatic hydroxyl groups is 1. The van der Waals surface area contributed by atoms with Crippen molar-refractivity contribution in [2.24, 2.45) is 5.92 Å². The number of nitrogen functional groups attached to an aromatic ring is 1. The minimum absolute atomic E-state index is 0.0722. The number of aromatic nitrogens is 1. The van der Waals surface area contributed by atoms with Crippen molar-refractivity contribution in [1.29, 1.82) is 0 Å². The van der Waals surface area contributed by atoms with Gasteiger partial charge in [-0.15, -0.1) is 0 Å². The molecule has 1 aliphatic heterocycles. The van der Waals surface area contributed by atoms with Gasteiger partial charge >= 0.3 is 0 Å². The van der Waals surface area contributed by atoms with Crippen molar-refractivity contribution < 1.29 is 9.90 Å². The third-order valence-electron chi connectivity index (χ3n) is 3.46. The Morgan fingerprint density at radius 2 is 2.42 bits per heavy atom. The van der Waals surface area contributed by atoms with Crippen LogP contribution in [0.3, 0.4) is 0 Å². The number of carbonyl (C=O) groups excluding carboxylic acids is 1. The maximum atomic E-state index is 12.3. The molecule has 1 fully saturated rings. The van der Waals surface area contributed by atoms with Crippen LogP contribution in [0.15, 0.2) is 12.3 Å². The highest BCUT2D eigenvalue weighted by atomic mass is 35.5. The van der Waals surface area contributed by atoms with Crippen LogP contribution in [0, 0.1) is 5.92 Å². The van der Waals surface area contributed by atoms with Crippen molar-refractivity contribution in [3.63, 3.8) is 0 Å². The van der Waals surface area contributed by atoms with E-state index in [1.165, 1.54) is 6.20 Å². The molecule has 2 rings (SSSR count). The normalized spacial score (nSPS) is 19.5. The number of hydrogen-bond acceptors (Lipinski definition) is 4. The first-order valence-electron chi connectivity index (χ1n) is 6.43. The second-order valence-corrected chi connectivity index (χ2v) is 5.27. The zero-order chi connectivity index (χ0) is 13.8. The topological polar surface area (TPSA) is 79.5 Å². The van der Waals surface area contributed by atoms with Gasteiger partial charge in [-0.1, -0.05) is 11.6 Å². The molecule has 0 bridgehead atoms. The van der Waals surface area contributed by atoms with E-state index in [0.717, 1.165) is 25.8 Å². The number of rotatable bonds is 3. The highest BCUT2D eigenvalue weighted by molar-refractivity contribution is 6.33. The Morgan fingerprint density at radius 3 is 3.11 bits per heavy atom. The van der Waals surface area contributed by atoms with Gasteiger partial charge in [-0.3, -0.25) is 4.79 Å². The molecule has 1 amide bonds. The van der Waals surface area contributed by atoms with Gasteiger partial charge in [0.15, 0.2) is 0 Å². The summed E-state index contributed by atoms with van der Waals surface area (Å²) < 4.78 is 0. The van der Waals surface area contributed by atoms with Gasteiger partial charge in [0.2, 0.25) is 0 Å². The van der Waals surface area contributed by atoms with E-state index in [9.17, 15) is 4.79 Å². The third kappa shape index (κ3) is 3.36. The molecule has 1 atom stereocenters. The molecule has 1 aliphatic rings. The lowest BCUT2D eigenvalue weighted by molar-refractivity contribution is 0.0653. The Labute approximate surface area is 117 Å². The second-order valence-electron chi connectivity index (χ2n) is 4.86. The van der Waals surface area contributed by atoms with Gasteiger partial charge in [0.25, 0.3) is 5.91 Å². The lowest BCUT2D eigenvalue weighted by Crippen LogP contribution is -2.40. The summed E-state index contributed by atoms with van der Waals surface area (Å²) in [5, 5.41) is 9.28. The average molecular weight is 284 g/mol. The summed E-state index contributed by atoms with van der Waals surface area (Å²) in [6.07, 6.45) is 4.22. The quantitative estimate of drug-likeness (QED) is 0.882. The van der Waals surface area contributed by atoms with Crippen molar-refractivity contribution in [3.8, 4) is 0 Å². The number of hydrogen-bond donors (Lipinski definition) is 2. The summed E-state index contributed by atoms with van der Waals surface area (Å²) in [5.74, 6) is 0.534. The van der Waals surface area contributed by atoms with Crippen molar-refractivity contribution in [2.75, 3.05) is 25.4 Å². The van der Waals surface area contributed by atoms with E-state index in [4.69, 9.17) is 22.4 Å². The number of carbonyl (C=O) groups is 1. The number of amides is 1. The SMILES string of the molecule is Nc1ncc(C(=O)N2CCCC(CCO)C2)cc1Cl. The van der Waals surface area contributed by atoms with Gasteiger partial charge in [-0.2, -0.15) is 0 Å². The molecular formula is C13H18ClN3O2. The molecule has 5 nitrogen and oxygen atoms in total. The molecule has 19 heavy (non-hydrogen) atoms.